The van der Waals surface area contributed by atoms with Gasteiger partial charge in [0.15, 0.2) is 0 Å². The minimum absolute atomic E-state index is 0.0266. The van der Waals surface area contributed by atoms with Gasteiger partial charge in [-0.3, -0.25) is 0 Å². The number of rotatable bonds is 5. The Labute approximate surface area is 118 Å². The molecule has 0 bridgehead atoms. The van der Waals surface area contributed by atoms with Crippen molar-refractivity contribution in [2.75, 3.05) is 6.61 Å². The van der Waals surface area contributed by atoms with E-state index < -0.39 is 0 Å². The highest BCUT2D eigenvalue weighted by molar-refractivity contribution is 9.10. The lowest BCUT2D eigenvalue weighted by molar-refractivity contribution is 0.349. The van der Waals surface area contributed by atoms with Gasteiger partial charge in [-0.25, -0.2) is 0 Å². The molecule has 0 radical (unpaired) electrons. The molecule has 0 aliphatic carbocycles. The normalized spacial score (nSPS) is 29.4. The van der Waals surface area contributed by atoms with E-state index >= 15 is 0 Å². The average molecular weight is 383 g/mol. The summed E-state index contributed by atoms with van der Waals surface area (Å²) in [4.78, 5) is -0.218. The molecule has 0 saturated carbocycles. The summed E-state index contributed by atoms with van der Waals surface area (Å²) in [6.07, 6.45) is 0.963. The van der Waals surface area contributed by atoms with Crippen molar-refractivity contribution in [3.05, 3.63) is 0 Å². The molecule has 0 unspecified atom stereocenters. The van der Waals surface area contributed by atoms with Gasteiger partial charge in [-0.2, -0.15) is 0 Å². The highest BCUT2D eigenvalue weighted by Gasteiger charge is 2.47. The second-order valence-corrected chi connectivity index (χ2v) is 9.20. The van der Waals surface area contributed by atoms with Gasteiger partial charge < -0.3 is 4.74 Å². The molecule has 0 amide bonds. The molecule has 1 fully saturated rings. The van der Waals surface area contributed by atoms with Crippen LogP contribution in [0.5, 0.6) is 0 Å². The van der Waals surface area contributed by atoms with Gasteiger partial charge in [0, 0.05) is 14.5 Å². The van der Waals surface area contributed by atoms with E-state index in [4.69, 9.17) is 27.9 Å². The van der Waals surface area contributed by atoms with Crippen LogP contribution in [0, 0.1) is 0 Å². The maximum absolute atomic E-state index is 6.43. The van der Waals surface area contributed by atoms with Gasteiger partial charge >= 0.3 is 0 Å². The molecule has 4 atom stereocenters. The van der Waals surface area contributed by atoms with Gasteiger partial charge in [0.05, 0.1) is 11.5 Å². The Bertz CT molecular complexity index is 224. The van der Waals surface area contributed by atoms with Gasteiger partial charge in [0.2, 0.25) is 0 Å². The monoisotopic (exact) mass is 380 g/mol. The fourth-order valence-corrected chi connectivity index (χ4v) is 2.73. The number of epoxide rings is 1. The topological polar surface area (TPSA) is 12.5 Å². The van der Waals surface area contributed by atoms with E-state index in [0.29, 0.717) is 0 Å². The van der Waals surface area contributed by atoms with Crippen LogP contribution in [0.1, 0.15) is 27.2 Å². The Morgan fingerprint density at radius 3 is 2.27 bits per heavy atom. The second kappa shape index (κ2) is 5.01. The van der Waals surface area contributed by atoms with E-state index in [-0.39, 0.29) is 25.5 Å². The van der Waals surface area contributed by atoms with E-state index in [2.05, 4.69) is 45.7 Å². The highest BCUT2D eigenvalue weighted by atomic mass is 79.9. The quantitative estimate of drug-likeness (QED) is 0.509. The molecule has 0 aromatic heterocycles. The fraction of sp³-hybridized carbons (Fsp3) is 1.00. The summed E-state index contributed by atoms with van der Waals surface area (Å²) in [5.41, 5.74) is 0. The third-order valence-electron chi connectivity index (χ3n) is 2.73. The molecule has 0 aromatic rings. The van der Waals surface area contributed by atoms with Gasteiger partial charge in [-0.1, -0.05) is 31.9 Å². The summed E-state index contributed by atoms with van der Waals surface area (Å²) in [6.45, 7) is 6.87. The van der Waals surface area contributed by atoms with E-state index in [1.165, 1.54) is 0 Å². The first-order valence-corrected chi connectivity index (χ1v) is 7.45. The van der Waals surface area contributed by atoms with Crippen LogP contribution in [0.3, 0.4) is 0 Å². The van der Waals surface area contributed by atoms with Crippen LogP contribution in [0.4, 0.5) is 0 Å². The molecule has 1 nitrogen and oxygen atoms in total. The smallest absolute Gasteiger partial charge is 0.101 e. The average Bonchev–Trinajstić information content (AvgIpc) is 2.83. The molecular weight excluding hydrogens is 367 g/mol. The summed E-state index contributed by atoms with van der Waals surface area (Å²) in [6, 6.07) is 0. The number of halogens is 4. The number of alkyl halides is 4. The Hall–Kier alpha value is 1.50. The van der Waals surface area contributed by atoms with Crippen LogP contribution in [-0.2, 0) is 4.74 Å². The lowest BCUT2D eigenvalue weighted by Gasteiger charge is -2.31. The Morgan fingerprint density at radius 1 is 1.47 bits per heavy atom. The minimum Gasteiger partial charge on any atom is -0.371 e. The van der Waals surface area contributed by atoms with Crippen molar-refractivity contribution in [3.63, 3.8) is 0 Å². The SMILES string of the molecule is CC(C)(Br)[C@H](Cl)C[C@H](Br)[C@](C)(Cl)[C@@H]1CO1. The first-order valence-electron chi connectivity index (χ1n) is 4.93. The number of hydrogen-bond acceptors (Lipinski definition) is 1. The Morgan fingerprint density at radius 2 is 1.93 bits per heavy atom. The van der Waals surface area contributed by atoms with Crippen LogP contribution in [0.15, 0.2) is 0 Å². The van der Waals surface area contributed by atoms with Crippen molar-refractivity contribution in [1.82, 2.24) is 0 Å². The van der Waals surface area contributed by atoms with Crippen LogP contribution >= 0.6 is 55.1 Å². The maximum Gasteiger partial charge on any atom is 0.101 e. The number of ether oxygens (including phenoxy) is 1. The predicted molar refractivity (Wildman–Crippen MR) is 74.0 cm³/mol. The molecule has 1 rings (SSSR count). The van der Waals surface area contributed by atoms with Gasteiger partial charge in [0.1, 0.15) is 6.10 Å². The van der Waals surface area contributed by atoms with E-state index in [1.54, 1.807) is 0 Å². The molecule has 0 spiro atoms. The zero-order valence-corrected chi connectivity index (χ0v) is 13.8. The molecule has 15 heavy (non-hydrogen) atoms. The van der Waals surface area contributed by atoms with Crippen LogP contribution < -0.4 is 0 Å². The summed E-state index contributed by atoms with van der Waals surface area (Å²) < 4.78 is 5.16. The van der Waals surface area contributed by atoms with Crippen molar-refractivity contribution in [1.29, 1.82) is 0 Å². The van der Waals surface area contributed by atoms with E-state index in [1.807, 2.05) is 6.92 Å². The molecule has 5 heteroatoms. The van der Waals surface area contributed by atoms with Gasteiger partial charge in [0.25, 0.3) is 0 Å². The molecule has 1 aliphatic rings. The van der Waals surface area contributed by atoms with E-state index in [9.17, 15) is 0 Å². The van der Waals surface area contributed by atoms with Crippen LogP contribution in [0.2, 0.25) is 0 Å². The lowest BCUT2D eigenvalue weighted by Crippen LogP contribution is -2.39. The van der Waals surface area contributed by atoms with Gasteiger partial charge in [-0.15, -0.1) is 23.2 Å². The molecule has 1 aliphatic heterocycles. The summed E-state index contributed by atoms with van der Waals surface area (Å²) >= 11 is 19.9. The van der Waals surface area contributed by atoms with Crippen molar-refractivity contribution in [2.24, 2.45) is 0 Å². The second-order valence-electron chi connectivity index (χ2n) is 4.71. The first kappa shape index (κ1) is 14.6. The van der Waals surface area contributed by atoms with E-state index in [0.717, 1.165) is 13.0 Å². The molecule has 0 N–H and O–H groups in total. The highest BCUT2D eigenvalue weighted by Crippen LogP contribution is 2.41. The van der Waals surface area contributed by atoms with Gasteiger partial charge in [-0.05, 0) is 27.2 Å². The van der Waals surface area contributed by atoms with Crippen molar-refractivity contribution in [2.45, 2.75) is 52.7 Å². The molecule has 90 valence electrons. The van der Waals surface area contributed by atoms with Crippen molar-refractivity contribution < 1.29 is 4.74 Å². The maximum atomic E-state index is 6.43. The van der Waals surface area contributed by atoms with Crippen molar-refractivity contribution >= 4 is 55.1 Å². The minimum atomic E-state index is -0.370. The summed E-state index contributed by atoms with van der Waals surface area (Å²) in [5.74, 6) is 0. The number of hydrogen-bond donors (Lipinski definition) is 0. The first-order chi connectivity index (χ1) is 6.65. The molecule has 0 aromatic carbocycles. The standard InChI is InChI=1S/C10H16Br2Cl2O/c1-9(2,12)7(13)4-6(11)10(3,14)8-5-15-8/h6-8H,4-5H2,1-3H3/t6-,7+,8-,10-/m0/s1. The third kappa shape index (κ3) is 4.02. The summed E-state index contributed by atoms with van der Waals surface area (Å²) in [7, 11) is 0. The zero-order chi connectivity index (χ0) is 11.9. The third-order valence-corrected chi connectivity index (χ3v) is 6.37. The van der Waals surface area contributed by atoms with Crippen LogP contribution in [-0.4, -0.2) is 32.1 Å². The largest absolute Gasteiger partial charge is 0.371 e. The predicted octanol–water partition coefficient (Wildman–Crippen LogP) is 4.32. The molecule has 1 saturated heterocycles. The zero-order valence-electron chi connectivity index (χ0n) is 9.07. The Balaban J connectivity index is 2.51. The Kier molecular flexibility index (Phi) is 4.86. The fourth-order valence-electron chi connectivity index (χ4n) is 1.27. The molecule has 1 heterocycles. The molecular formula is C10H16Br2Cl2O. The van der Waals surface area contributed by atoms with Crippen molar-refractivity contribution in [3.8, 4) is 0 Å². The lowest BCUT2D eigenvalue weighted by atomic mass is 9.96. The van der Waals surface area contributed by atoms with Crippen LogP contribution in [0.25, 0.3) is 0 Å². The summed E-state index contributed by atoms with van der Waals surface area (Å²) in [5, 5.41) is 0.0266.